The molecule has 7 heteroatoms. The van der Waals surface area contributed by atoms with Gasteiger partial charge < -0.3 is 4.90 Å². The number of carbonyl (C=O) groups is 1. The number of hydrogen-bond donors (Lipinski definition) is 1. The normalized spacial score (nSPS) is 17.6. The predicted octanol–water partition coefficient (Wildman–Crippen LogP) is 2.29. The van der Waals surface area contributed by atoms with Gasteiger partial charge in [0.15, 0.2) is 0 Å². The Labute approximate surface area is 136 Å². The van der Waals surface area contributed by atoms with Crippen LogP contribution in [0.2, 0.25) is 0 Å². The van der Waals surface area contributed by atoms with Crippen molar-refractivity contribution in [3.8, 4) is 0 Å². The highest BCUT2D eigenvalue weighted by Gasteiger charge is 2.28. The Hall–Kier alpha value is -1.47. The summed E-state index contributed by atoms with van der Waals surface area (Å²) < 4.78 is 40.1. The predicted molar refractivity (Wildman–Crippen MR) is 85.8 cm³/mol. The van der Waals surface area contributed by atoms with Crippen molar-refractivity contribution in [1.82, 2.24) is 9.62 Å². The molecule has 1 aromatic rings. The summed E-state index contributed by atoms with van der Waals surface area (Å²) in [5.74, 6) is -0.684. The van der Waals surface area contributed by atoms with Crippen LogP contribution in [0.5, 0.6) is 0 Å². The summed E-state index contributed by atoms with van der Waals surface area (Å²) in [7, 11) is -3.85. The highest BCUT2D eigenvalue weighted by atomic mass is 32.2. The molecule has 0 aromatic heterocycles. The zero-order chi connectivity index (χ0) is 16.9. The van der Waals surface area contributed by atoms with Crippen molar-refractivity contribution >= 4 is 15.9 Å². The number of amides is 1. The number of likely N-dealkylation sites (tertiary alicyclic amines) is 1. The molecule has 5 nitrogen and oxygen atoms in total. The summed E-state index contributed by atoms with van der Waals surface area (Å²) in [6.45, 7) is 3.12. The molecular weight excluding hydrogens is 319 g/mol. The van der Waals surface area contributed by atoms with Crippen molar-refractivity contribution in [2.75, 3.05) is 13.1 Å². The Morgan fingerprint density at radius 2 is 1.74 bits per heavy atom. The molecule has 128 valence electrons. The average Bonchev–Trinajstić information content (AvgIpc) is 2.81. The Bertz CT molecular complexity index is 623. The van der Waals surface area contributed by atoms with E-state index in [1.807, 2.05) is 0 Å². The van der Waals surface area contributed by atoms with Crippen LogP contribution in [0.15, 0.2) is 29.2 Å². The molecular formula is C16H23FN2O3S. The van der Waals surface area contributed by atoms with E-state index in [2.05, 4.69) is 4.72 Å². The molecule has 0 aliphatic carbocycles. The van der Waals surface area contributed by atoms with Crippen molar-refractivity contribution in [3.05, 3.63) is 30.1 Å². The van der Waals surface area contributed by atoms with Gasteiger partial charge in [-0.15, -0.1) is 0 Å². The van der Waals surface area contributed by atoms with Gasteiger partial charge in [-0.05, 0) is 43.5 Å². The number of rotatable bonds is 5. The summed E-state index contributed by atoms with van der Waals surface area (Å²) in [5.41, 5.74) is 0. The van der Waals surface area contributed by atoms with Crippen molar-refractivity contribution in [2.24, 2.45) is 0 Å². The minimum atomic E-state index is -3.85. The summed E-state index contributed by atoms with van der Waals surface area (Å²) in [6, 6.07) is 3.78. The molecule has 1 saturated heterocycles. The summed E-state index contributed by atoms with van der Waals surface area (Å²) in [5, 5.41) is 0. The van der Waals surface area contributed by atoms with E-state index in [0.29, 0.717) is 19.5 Å². The van der Waals surface area contributed by atoms with Gasteiger partial charge >= 0.3 is 0 Å². The first-order chi connectivity index (χ1) is 10.9. The minimum absolute atomic E-state index is 0.0407. The fourth-order valence-corrected chi connectivity index (χ4v) is 3.96. The van der Waals surface area contributed by atoms with E-state index in [9.17, 15) is 17.6 Å². The van der Waals surface area contributed by atoms with E-state index in [-0.39, 0.29) is 10.8 Å². The molecule has 1 unspecified atom stereocenters. The fourth-order valence-electron chi connectivity index (χ4n) is 2.69. The van der Waals surface area contributed by atoms with Gasteiger partial charge in [0.2, 0.25) is 15.9 Å². The smallest absolute Gasteiger partial charge is 0.241 e. The molecule has 1 N–H and O–H groups in total. The number of nitrogens with zero attached hydrogens (tertiary/aromatic N) is 1. The summed E-state index contributed by atoms with van der Waals surface area (Å²) in [4.78, 5) is 14.3. The third-order valence-electron chi connectivity index (χ3n) is 4.05. The maximum Gasteiger partial charge on any atom is 0.241 e. The number of sulfonamides is 1. The van der Waals surface area contributed by atoms with E-state index in [1.165, 1.54) is 12.1 Å². The number of carbonyl (C=O) groups excluding carboxylic acids is 1. The van der Waals surface area contributed by atoms with Crippen LogP contribution >= 0.6 is 0 Å². The number of benzene rings is 1. The molecule has 1 heterocycles. The molecule has 2 rings (SSSR count). The van der Waals surface area contributed by atoms with Gasteiger partial charge in [-0.25, -0.2) is 12.8 Å². The first kappa shape index (κ1) is 17.9. The monoisotopic (exact) mass is 342 g/mol. The van der Waals surface area contributed by atoms with Crippen molar-refractivity contribution < 1.29 is 17.6 Å². The molecule has 1 atom stereocenters. The quantitative estimate of drug-likeness (QED) is 0.893. The molecule has 1 aliphatic heterocycles. The molecule has 0 saturated carbocycles. The van der Waals surface area contributed by atoms with Crippen LogP contribution in [0.3, 0.4) is 0 Å². The molecule has 0 radical (unpaired) electrons. The second kappa shape index (κ2) is 7.88. The minimum Gasteiger partial charge on any atom is -0.341 e. The average molecular weight is 342 g/mol. The lowest BCUT2D eigenvalue weighted by molar-refractivity contribution is -0.133. The largest absolute Gasteiger partial charge is 0.341 e. The van der Waals surface area contributed by atoms with Crippen LogP contribution in [0.25, 0.3) is 0 Å². The lowest BCUT2D eigenvalue weighted by Crippen LogP contribution is -2.48. The van der Waals surface area contributed by atoms with Crippen LogP contribution in [0.4, 0.5) is 4.39 Å². The van der Waals surface area contributed by atoms with Gasteiger partial charge in [0, 0.05) is 13.1 Å². The second-order valence-corrected chi connectivity index (χ2v) is 7.49. The van der Waals surface area contributed by atoms with Crippen LogP contribution < -0.4 is 4.72 Å². The zero-order valence-electron chi connectivity index (χ0n) is 13.3. The first-order valence-corrected chi connectivity index (χ1v) is 9.49. The van der Waals surface area contributed by atoms with Gasteiger partial charge in [0.05, 0.1) is 4.90 Å². The van der Waals surface area contributed by atoms with Gasteiger partial charge in [-0.1, -0.05) is 19.8 Å². The zero-order valence-corrected chi connectivity index (χ0v) is 14.1. The first-order valence-electron chi connectivity index (χ1n) is 8.00. The van der Waals surface area contributed by atoms with E-state index >= 15 is 0 Å². The molecule has 23 heavy (non-hydrogen) atoms. The molecule has 1 aromatic carbocycles. The molecule has 1 fully saturated rings. The summed E-state index contributed by atoms with van der Waals surface area (Å²) in [6.07, 6.45) is 4.47. The number of nitrogens with one attached hydrogen (secondary N) is 1. The topological polar surface area (TPSA) is 66.5 Å². The molecule has 0 bridgehead atoms. The highest BCUT2D eigenvalue weighted by Crippen LogP contribution is 2.14. The van der Waals surface area contributed by atoms with E-state index in [1.54, 1.807) is 11.8 Å². The lowest BCUT2D eigenvalue weighted by Gasteiger charge is -2.26. The fraction of sp³-hybridized carbons (Fsp3) is 0.562. The Morgan fingerprint density at radius 3 is 2.26 bits per heavy atom. The van der Waals surface area contributed by atoms with E-state index in [4.69, 9.17) is 0 Å². The third kappa shape index (κ3) is 4.75. The Morgan fingerprint density at radius 1 is 1.17 bits per heavy atom. The van der Waals surface area contributed by atoms with Crippen molar-refractivity contribution in [2.45, 2.75) is 50.0 Å². The van der Waals surface area contributed by atoms with Crippen LogP contribution in [0.1, 0.15) is 39.0 Å². The van der Waals surface area contributed by atoms with Crippen LogP contribution in [0, 0.1) is 5.82 Å². The summed E-state index contributed by atoms with van der Waals surface area (Å²) >= 11 is 0. The van der Waals surface area contributed by atoms with E-state index in [0.717, 1.165) is 37.8 Å². The van der Waals surface area contributed by atoms with Crippen molar-refractivity contribution in [3.63, 3.8) is 0 Å². The van der Waals surface area contributed by atoms with Gasteiger partial charge in [0.1, 0.15) is 11.9 Å². The molecule has 1 aliphatic rings. The van der Waals surface area contributed by atoms with Crippen molar-refractivity contribution in [1.29, 1.82) is 0 Å². The highest BCUT2D eigenvalue weighted by molar-refractivity contribution is 7.89. The van der Waals surface area contributed by atoms with Gasteiger partial charge in [-0.2, -0.15) is 4.72 Å². The SMILES string of the molecule is CCC(NS(=O)(=O)c1ccc(F)cc1)C(=O)N1CCCCCC1. The van der Waals surface area contributed by atoms with Crippen LogP contribution in [-0.2, 0) is 14.8 Å². The number of hydrogen-bond acceptors (Lipinski definition) is 3. The van der Waals surface area contributed by atoms with Gasteiger partial charge in [-0.3, -0.25) is 4.79 Å². The second-order valence-electron chi connectivity index (χ2n) is 5.78. The maximum absolute atomic E-state index is 12.9. The lowest BCUT2D eigenvalue weighted by atomic mass is 10.2. The molecule has 0 spiro atoms. The Kier molecular flexibility index (Phi) is 6.12. The molecule has 1 amide bonds. The maximum atomic E-state index is 12.9. The van der Waals surface area contributed by atoms with Gasteiger partial charge in [0.25, 0.3) is 0 Å². The third-order valence-corrected chi connectivity index (χ3v) is 5.53. The number of halogens is 1. The van der Waals surface area contributed by atoms with E-state index < -0.39 is 21.9 Å². The van der Waals surface area contributed by atoms with Crippen LogP contribution in [-0.4, -0.2) is 38.4 Å². The standard InChI is InChI=1S/C16H23FN2O3S/c1-2-15(16(20)19-11-5-3-4-6-12-19)18-23(21,22)14-9-7-13(17)8-10-14/h7-10,15,18H,2-6,11-12H2,1H3. The Balaban J connectivity index is 2.11.